The molecular weight excluding hydrogens is 268 g/mol. The van der Waals surface area contributed by atoms with Crippen molar-refractivity contribution in [2.24, 2.45) is 0 Å². The van der Waals surface area contributed by atoms with Crippen molar-refractivity contribution in [2.75, 3.05) is 0 Å². The number of nitrogens with zero attached hydrogens (tertiary/aromatic N) is 3. The fourth-order valence-corrected chi connectivity index (χ4v) is 3.32. The summed E-state index contributed by atoms with van der Waals surface area (Å²) in [5.41, 5.74) is 2.34. The van der Waals surface area contributed by atoms with E-state index in [1.54, 1.807) is 11.3 Å². The topological polar surface area (TPSA) is 42.7 Å². The monoisotopic (exact) mass is 284 g/mol. The van der Waals surface area contributed by atoms with Crippen molar-refractivity contribution in [2.45, 2.75) is 32.0 Å². The maximum absolute atomic E-state index is 4.23. The third kappa shape index (κ3) is 2.46. The van der Waals surface area contributed by atoms with E-state index in [0.717, 1.165) is 18.8 Å². The lowest BCUT2D eigenvalue weighted by Crippen LogP contribution is -2.15. The van der Waals surface area contributed by atoms with Crippen molar-refractivity contribution in [1.82, 2.24) is 20.3 Å². The van der Waals surface area contributed by atoms with E-state index in [2.05, 4.69) is 45.3 Å². The van der Waals surface area contributed by atoms with Gasteiger partial charge in [0.05, 0.1) is 18.4 Å². The predicted molar refractivity (Wildman–Crippen MR) is 80.8 cm³/mol. The molecule has 5 heteroatoms. The van der Waals surface area contributed by atoms with Crippen LogP contribution < -0.4 is 5.32 Å². The molecule has 2 aromatic heterocycles. The summed E-state index contributed by atoms with van der Waals surface area (Å²) >= 11 is 1.79. The summed E-state index contributed by atoms with van der Waals surface area (Å²) in [7, 11) is 0. The molecule has 0 radical (unpaired) electrons. The first-order valence-electron chi connectivity index (χ1n) is 6.96. The van der Waals surface area contributed by atoms with E-state index < -0.39 is 0 Å². The van der Waals surface area contributed by atoms with Crippen molar-refractivity contribution in [1.29, 1.82) is 0 Å². The van der Waals surface area contributed by atoms with Crippen molar-refractivity contribution in [3.8, 4) is 0 Å². The zero-order chi connectivity index (χ0) is 13.4. The van der Waals surface area contributed by atoms with E-state index in [4.69, 9.17) is 0 Å². The molecule has 1 N–H and O–H groups in total. The van der Waals surface area contributed by atoms with Gasteiger partial charge in [-0.05, 0) is 35.2 Å². The van der Waals surface area contributed by atoms with E-state index in [0.29, 0.717) is 6.04 Å². The number of fused-ring (bicyclic) bond motifs is 1. The molecule has 20 heavy (non-hydrogen) atoms. The third-order valence-electron chi connectivity index (χ3n) is 3.63. The molecule has 102 valence electrons. The van der Waals surface area contributed by atoms with Crippen LogP contribution in [0.2, 0.25) is 0 Å². The molecule has 1 fully saturated rings. The average molecular weight is 284 g/mol. The van der Waals surface area contributed by atoms with Crippen molar-refractivity contribution >= 4 is 21.4 Å². The van der Waals surface area contributed by atoms with Crippen LogP contribution >= 0.6 is 11.3 Å². The summed E-state index contributed by atoms with van der Waals surface area (Å²) in [6, 6.07) is 9.22. The Morgan fingerprint density at radius 3 is 3.10 bits per heavy atom. The minimum Gasteiger partial charge on any atom is -0.308 e. The quantitative estimate of drug-likeness (QED) is 0.783. The van der Waals surface area contributed by atoms with Gasteiger partial charge in [-0.1, -0.05) is 23.4 Å². The SMILES string of the molecule is c1ccc2c(Cn3cc(CNC4CC4)nn3)csc2c1. The maximum atomic E-state index is 4.23. The molecule has 1 aliphatic rings. The molecular formula is C15H16N4S. The average Bonchev–Trinajstić information content (AvgIpc) is 3.06. The fraction of sp³-hybridized carbons (Fsp3) is 0.333. The summed E-state index contributed by atoms with van der Waals surface area (Å²) in [6.07, 6.45) is 4.64. The predicted octanol–water partition coefficient (Wildman–Crippen LogP) is 2.79. The van der Waals surface area contributed by atoms with E-state index >= 15 is 0 Å². The number of benzene rings is 1. The van der Waals surface area contributed by atoms with Crippen LogP contribution in [-0.4, -0.2) is 21.0 Å². The maximum Gasteiger partial charge on any atom is 0.0965 e. The Labute approximate surface area is 121 Å². The van der Waals surface area contributed by atoms with Crippen molar-refractivity contribution in [3.05, 3.63) is 47.1 Å². The molecule has 0 unspecified atom stereocenters. The van der Waals surface area contributed by atoms with Crippen LogP contribution in [0, 0.1) is 0 Å². The van der Waals surface area contributed by atoms with Crippen LogP contribution in [0.1, 0.15) is 24.1 Å². The second-order valence-corrected chi connectivity index (χ2v) is 6.23. The summed E-state index contributed by atoms with van der Waals surface area (Å²) in [4.78, 5) is 0. The molecule has 1 aromatic carbocycles. The Balaban J connectivity index is 1.50. The molecule has 0 aliphatic heterocycles. The Morgan fingerprint density at radius 1 is 1.30 bits per heavy atom. The van der Waals surface area contributed by atoms with Gasteiger partial charge in [-0.15, -0.1) is 16.4 Å². The van der Waals surface area contributed by atoms with E-state index in [9.17, 15) is 0 Å². The Hall–Kier alpha value is -1.72. The molecule has 0 bridgehead atoms. The van der Waals surface area contributed by atoms with Crippen LogP contribution in [0.5, 0.6) is 0 Å². The Bertz CT molecular complexity index is 726. The van der Waals surface area contributed by atoms with Gasteiger partial charge >= 0.3 is 0 Å². The molecule has 0 saturated heterocycles. The van der Waals surface area contributed by atoms with Gasteiger partial charge in [0.1, 0.15) is 0 Å². The first-order chi connectivity index (χ1) is 9.88. The molecule has 0 atom stereocenters. The molecule has 2 heterocycles. The second-order valence-electron chi connectivity index (χ2n) is 5.32. The summed E-state index contributed by atoms with van der Waals surface area (Å²) in [5, 5.41) is 15.5. The second kappa shape index (κ2) is 5.00. The van der Waals surface area contributed by atoms with Crippen molar-refractivity contribution < 1.29 is 0 Å². The zero-order valence-electron chi connectivity index (χ0n) is 11.1. The van der Waals surface area contributed by atoms with Gasteiger partial charge in [-0.25, -0.2) is 4.68 Å². The number of nitrogens with one attached hydrogen (secondary N) is 1. The number of rotatable bonds is 5. The molecule has 4 nitrogen and oxygen atoms in total. The minimum absolute atomic E-state index is 0.709. The number of hydrogen-bond acceptors (Lipinski definition) is 4. The molecule has 1 aliphatic carbocycles. The molecule has 0 spiro atoms. The molecule has 3 aromatic rings. The van der Waals surface area contributed by atoms with E-state index in [-0.39, 0.29) is 0 Å². The van der Waals surface area contributed by atoms with Gasteiger partial charge in [0.2, 0.25) is 0 Å². The van der Waals surface area contributed by atoms with Crippen LogP contribution in [0.4, 0.5) is 0 Å². The number of thiophene rings is 1. The summed E-state index contributed by atoms with van der Waals surface area (Å²) < 4.78 is 3.26. The summed E-state index contributed by atoms with van der Waals surface area (Å²) in [6.45, 7) is 1.62. The first-order valence-corrected chi connectivity index (χ1v) is 7.84. The Kier molecular flexibility index (Phi) is 3.01. The van der Waals surface area contributed by atoms with Gasteiger partial charge < -0.3 is 5.32 Å². The first kappa shape index (κ1) is 12.1. The van der Waals surface area contributed by atoms with E-state index in [1.807, 2.05) is 10.9 Å². The normalized spacial score (nSPS) is 15.0. The summed E-state index contributed by atoms with van der Waals surface area (Å²) in [5.74, 6) is 0. The van der Waals surface area contributed by atoms with Gasteiger partial charge in [-0.2, -0.15) is 0 Å². The molecule has 4 rings (SSSR count). The Morgan fingerprint density at radius 2 is 2.20 bits per heavy atom. The lowest BCUT2D eigenvalue weighted by atomic mass is 10.2. The molecule has 1 saturated carbocycles. The van der Waals surface area contributed by atoms with Gasteiger partial charge in [-0.3, -0.25) is 0 Å². The number of hydrogen-bond donors (Lipinski definition) is 1. The lowest BCUT2D eigenvalue weighted by molar-refractivity contribution is 0.649. The van der Waals surface area contributed by atoms with Crippen LogP contribution in [0.15, 0.2) is 35.8 Å². The van der Waals surface area contributed by atoms with Crippen LogP contribution in [0.25, 0.3) is 10.1 Å². The smallest absolute Gasteiger partial charge is 0.0965 e. The van der Waals surface area contributed by atoms with Gasteiger partial charge in [0.25, 0.3) is 0 Å². The highest BCUT2D eigenvalue weighted by Gasteiger charge is 2.20. The number of aromatic nitrogens is 3. The van der Waals surface area contributed by atoms with Gasteiger partial charge in [0.15, 0.2) is 0 Å². The standard InChI is InChI=1S/C15H16N4S/c1-2-4-15-14(3-1)11(10-20-15)8-19-9-13(17-18-19)7-16-12-5-6-12/h1-4,9-10,12,16H,5-8H2. The highest BCUT2D eigenvalue weighted by Crippen LogP contribution is 2.26. The van der Waals surface area contributed by atoms with E-state index in [1.165, 1.54) is 28.5 Å². The highest BCUT2D eigenvalue weighted by atomic mass is 32.1. The highest BCUT2D eigenvalue weighted by molar-refractivity contribution is 7.17. The van der Waals surface area contributed by atoms with Crippen LogP contribution in [0.3, 0.4) is 0 Å². The fourth-order valence-electron chi connectivity index (χ4n) is 2.36. The molecule has 0 amide bonds. The zero-order valence-corrected chi connectivity index (χ0v) is 11.9. The van der Waals surface area contributed by atoms with Crippen LogP contribution in [-0.2, 0) is 13.1 Å². The van der Waals surface area contributed by atoms with Crippen molar-refractivity contribution in [3.63, 3.8) is 0 Å². The third-order valence-corrected chi connectivity index (χ3v) is 4.64. The lowest BCUT2D eigenvalue weighted by Gasteiger charge is -1.99. The largest absolute Gasteiger partial charge is 0.308 e. The minimum atomic E-state index is 0.709. The van der Waals surface area contributed by atoms with Gasteiger partial charge in [0, 0.05) is 17.3 Å².